The standard InChI is InChI=1S/C28H28FN3O4/c1-31(18-22-15-24(36-30-22)19-8-3-2-4-9-19)25(33)16-28(20-10-7-11-21(29)14-20)17-26(34)32(27(28)35)23-12-5-6-13-23/h2-4,7-11,14-15,23H,5-6,12-13,16-18H2,1H3/t28-/m0/s1. The molecule has 1 aromatic heterocycles. The fourth-order valence-corrected chi connectivity index (χ4v) is 5.40. The maximum absolute atomic E-state index is 14.2. The fraction of sp³-hybridized carbons (Fsp3) is 0.357. The summed E-state index contributed by atoms with van der Waals surface area (Å²) in [5.41, 5.74) is 0.366. The number of nitrogens with zero attached hydrogens (tertiary/aromatic N) is 3. The Labute approximate surface area is 208 Å². The number of hydrogen-bond acceptors (Lipinski definition) is 5. The Morgan fingerprint density at radius 1 is 1.11 bits per heavy atom. The third kappa shape index (κ3) is 4.43. The van der Waals surface area contributed by atoms with Gasteiger partial charge < -0.3 is 9.42 Å². The molecule has 1 aliphatic carbocycles. The van der Waals surface area contributed by atoms with Gasteiger partial charge in [-0.2, -0.15) is 0 Å². The van der Waals surface area contributed by atoms with Crippen LogP contribution in [0.15, 0.2) is 65.2 Å². The van der Waals surface area contributed by atoms with Gasteiger partial charge in [0.05, 0.1) is 12.0 Å². The molecule has 0 unspecified atom stereocenters. The summed E-state index contributed by atoms with van der Waals surface area (Å²) in [6.07, 6.45) is 3.07. The molecular weight excluding hydrogens is 461 g/mol. The lowest BCUT2D eigenvalue weighted by Gasteiger charge is -2.30. The summed E-state index contributed by atoms with van der Waals surface area (Å²) in [5.74, 6) is -0.956. The molecule has 0 N–H and O–H groups in total. The van der Waals surface area contributed by atoms with Crippen LogP contribution in [-0.4, -0.2) is 45.8 Å². The van der Waals surface area contributed by atoms with Crippen molar-refractivity contribution in [3.05, 3.63) is 77.7 Å². The molecule has 2 aromatic carbocycles. The molecule has 2 aliphatic rings. The van der Waals surface area contributed by atoms with E-state index in [0.29, 0.717) is 17.0 Å². The van der Waals surface area contributed by atoms with E-state index in [4.69, 9.17) is 4.52 Å². The first-order valence-electron chi connectivity index (χ1n) is 12.2. The van der Waals surface area contributed by atoms with Crippen molar-refractivity contribution in [2.24, 2.45) is 0 Å². The number of halogens is 1. The quantitative estimate of drug-likeness (QED) is 0.458. The normalized spacial score (nSPS) is 20.3. The van der Waals surface area contributed by atoms with Crippen LogP contribution >= 0.6 is 0 Å². The molecule has 36 heavy (non-hydrogen) atoms. The zero-order chi connectivity index (χ0) is 25.3. The van der Waals surface area contributed by atoms with Crippen molar-refractivity contribution in [2.75, 3.05) is 7.05 Å². The zero-order valence-electron chi connectivity index (χ0n) is 20.2. The van der Waals surface area contributed by atoms with Gasteiger partial charge in [0.1, 0.15) is 11.5 Å². The van der Waals surface area contributed by atoms with Crippen LogP contribution in [0.25, 0.3) is 11.3 Å². The van der Waals surface area contributed by atoms with Gasteiger partial charge in [0.2, 0.25) is 17.7 Å². The predicted octanol–water partition coefficient (Wildman–Crippen LogP) is 4.47. The smallest absolute Gasteiger partial charge is 0.241 e. The highest BCUT2D eigenvalue weighted by Gasteiger charge is 2.55. The molecule has 1 saturated heterocycles. The van der Waals surface area contributed by atoms with Crippen molar-refractivity contribution in [1.82, 2.24) is 15.0 Å². The predicted molar refractivity (Wildman–Crippen MR) is 130 cm³/mol. The summed E-state index contributed by atoms with van der Waals surface area (Å²) in [6, 6.07) is 16.8. The second kappa shape index (κ2) is 9.68. The maximum atomic E-state index is 14.2. The van der Waals surface area contributed by atoms with Gasteiger partial charge in [0.15, 0.2) is 5.76 Å². The summed E-state index contributed by atoms with van der Waals surface area (Å²) in [5, 5.41) is 4.08. The van der Waals surface area contributed by atoms with Gasteiger partial charge in [0, 0.05) is 37.6 Å². The van der Waals surface area contributed by atoms with Crippen molar-refractivity contribution in [3.63, 3.8) is 0 Å². The minimum Gasteiger partial charge on any atom is -0.356 e. The minimum atomic E-state index is -1.42. The summed E-state index contributed by atoms with van der Waals surface area (Å²) in [7, 11) is 1.62. The third-order valence-corrected chi connectivity index (χ3v) is 7.31. The molecule has 1 saturated carbocycles. The molecule has 1 atom stereocenters. The van der Waals surface area contributed by atoms with Crippen LogP contribution in [0, 0.1) is 5.82 Å². The molecule has 186 valence electrons. The van der Waals surface area contributed by atoms with E-state index in [1.807, 2.05) is 30.3 Å². The van der Waals surface area contributed by atoms with Crippen molar-refractivity contribution >= 4 is 17.7 Å². The number of amides is 3. The highest BCUT2D eigenvalue weighted by molar-refractivity contribution is 6.11. The SMILES string of the molecule is CN(Cc1cc(-c2ccccc2)on1)C(=O)C[C@@]1(c2cccc(F)c2)CC(=O)N(C2CCCC2)C1=O. The largest absolute Gasteiger partial charge is 0.356 e. The Balaban J connectivity index is 1.38. The number of likely N-dealkylation sites (tertiary alicyclic amines) is 1. The maximum Gasteiger partial charge on any atom is 0.241 e. The lowest BCUT2D eigenvalue weighted by molar-refractivity contribution is -0.144. The topological polar surface area (TPSA) is 83.7 Å². The monoisotopic (exact) mass is 489 g/mol. The first kappa shape index (κ1) is 23.9. The first-order chi connectivity index (χ1) is 17.4. The highest BCUT2D eigenvalue weighted by atomic mass is 19.1. The van der Waals surface area contributed by atoms with E-state index in [-0.39, 0.29) is 37.2 Å². The number of carbonyl (C=O) groups excluding carboxylic acids is 3. The average molecular weight is 490 g/mol. The van der Waals surface area contributed by atoms with Gasteiger partial charge in [-0.3, -0.25) is 19.3 Å². The van der Waals surface area contributed by atoms with Crippen molar-refractivity contribution in [1.29, 1.82) is 0 Å². The lowest BCUT2D eigenvalue weighted by atomic mass is 9.75. The van der Waals surface area contributed by atoms with Crippen LogP contribution in [0.1, 0.15) is 49.8 Å². The number of hydrogen-bond donors (Lipinski definition) is 0. The summed E-state index contributed by atoms with van der Waals surface area (Å²) in [6.45, 7) is 0.170. The minimum absolute atomic E-state index is 0.145. The Hall–Kier alpha value is -3.81. The number of benzene rings is 2. The Kier molecular flexibility index (Phi) is 6.43. The first-order valence-corrected chi connectivity index (χ1v) is 12.2. The van der Waals surface area contributed by atoms with Crippen molar-refractivity contribution < 1.29 is 23.3 Å². The van der Waals surface area contributed by atoms with Crippen molar-refractivity contribution in [2.45, 2.75) is 56.5 Å². The van der Waals surface area contributed by atoms with Crippen LogP contribution in [0.3, 0.4) is 0 Å². The van der Waals surface area contributed by atoms with Gasteiger partial charge in [-0.1, -0.05) is 60.5 Å². The van der Waals surface area contributed by atoms with E-state index in [1.54, 1.807) is 19.2 Å². The van der Waals surface area contributed by atoms with Crippen LogP contribution in [-0.2, 0) is 26.3 Å². The fourth-order valence-electron chi connectivity index (χ4n) is 5.40. The Morgan fingerprint density at radius 3 is 2.58 bits per heavy atom. The van der Waals surface area contributed by atoms with Crippen LogP contribution in [0.2, 0.25) is 0 Å². The number of rotatable bonds is 7. The molecule has 1 aliphatic heterocycles. The molecule has 0 radical (unpaired) electrons. The molecule has 2 fully saturated rings. The lowest BCUT2D eigenvalue weighted by Crippen LogP contribution is -2.45. The molecule has 5 rings (SSSR count). The van der Waals surface area contributed by atoms with Crippen molar-refractivity contribution in [3.8, 4) is 11.3 Å². The van der Waals surface area contributed by atoms with Crippen LogP contribution in [0.4, 0.5) is 4.39 Å². The second-order valence-electron chi connectivity index (χ2n) is 9.75. The summed E-state index contributed by atoms with van der Waals surface area (Å²) < 4.78 is 19.6. The number of aromatic nitrogens is 1. The van der Waals surface area contributed by atoms with Crippen LogP contribution < -0.4 is 0 Å². The van der Waals surface area contributed by atoms with Gasteiger partial charge >= 0.3 is 0 Å². The van der Waals surface area contributed by atoms with E-state index in [0.717, 1.165) is 31.2 Å². The zero-order valence-corrected chi connectivity index (χ0v) is 20.2. The van der Waals surface area contributed by atoms with Gasteiger partial charge in [-0.05, 0) is 30.5 Å². The molecule has 8 heteroatoms. The van der Waals surface area contributed by atoms with Crippen LogP contribution in [0.5, 0.6) is 0 Å². The summed E-state index contributed by atoms with van der Waals surface area (Å²) in [4.78, 5) is 43.1. The molecule has 2 heterocycles. The van der Waals surface area contributed by atoms with E-state index in [1.165, 1.54) is 28.0 Å². The molecule has 0 bridgehead atoms. The molecule has 3 amide bonds. The van der Waals surface area contributed by atoms with E-state index in [9.17, 15) is 18.8 Å². The highest BCUT2D eigenvalue weighted by Crippen LogP contribution is 2.43. The van der Waals surface area contributed by atoms with Gasteiger partial charge in [0.25, 0.3) is 0 Å². The Morgan fingerprint density at radius 2 is 1.86 bits per heavy atom. The van der Waals surface area contributed by atoms with Gasteiger partial charge in [-0.25, -0.2) is 4.39 Å². The Bertz CT molecular complexity index is 1280. The number of carbonyl (C=O) groups is 3. The molecular formula is C28H28FN3O4. The van der Waals surface area contributed by atoms with E-state index < -0.39 is 17.1 Å². The number of imide groups is 1. The summed E-state index contributed by atoms with van der Waals surface area (Å²) >= 11 is 0. The molecule has 3 aromatic rings. The molecule has 7 nitrogen and oxygen atoms in total. The molecule has 0 spiro atoms. The third-order valence-electron chi connectivity index (χ3n) is 7.31. The average Bonchev–Trinajstić information content (AvgIpc) is 3.61. The van der Waals surface area contributed by atoms with E-state index >= 15 is 0 Å². The van der Waals surface area contributed by atoms with Gasteiger partial charge in [-0.15, -0.1) is 0 Å². The second-order valence-corrected chi connectivity index (χ2v) is 9.75. The van der Waals surface area contributed by atoms with E-state index in [2.05, 4.69) is 5.16 Å².